The van der Waals surface area contributed by atoms with E-state index >= 15 is 0 Å². The predicted molar refractivity (Wildman–Crippen MR) is 152 cm³/mol. The van der Waals surface area contributed by atoms with Crippen LogP contribution in [0.5, 0.6) is 5.75 Å². The summed E-state index contributed by atoms with van der Waals surface area (Å²) in [4.78, 5) is 13.6. The van der Waals surface area contributed by atoms with Crippen LogP contribution in [-0.2, 0) is 30.7 Å². The Balaban J connectivity index is 1.54. The van der Waals surface area contributed by atoms with Gasteiger partial charge in [-0.15, -0.1) is 0 Å². The molecule has 10 heteroatoms. The van der Waals surface area contributed by atoms with Crippen LogP contribution in [0.1, 0.15) is 45.1 Å². The number of aliphatic hydroxyl groups is 1. The first-order valence-electron chi connectivity index (χ1n) is 14.0. The molecule has 1 spiro atoms. The zero-order valence-electron chi connectivity index (χ0n) is 23.6. The average Bonchev–Trinajstić information content (AvgIpc) is 3.39. The first kappa shape index (κ1) is 30.5. The molecule has 0 saturated carbocycles. The number of amides is 1. The van der Waals surface area contributed by atoms with Crippen LogP contribution in [0.2, 0.25) is 0 Å². The van der Waals surface area contributed by atoms with Gasteiger partial charge in [-0.3, -0.25) is 4.79 Å². The fourth-order valence-electron chi connectivity index (χ4n) is 5.51. The maximum absolute atomic E-state index is 13.6. The molecule has 9 nitrogen and oxygen atoms in total. The van der Waals surface area contributed by atoms with Gasteiger partial charge in [0.05, 0.1) is 36.4 Å². The van der Waals surface area contributed by atoms with Crippen molar-refractivity contribution >= 4 is 15.9 Å². The second-order valence-corrected chi connectivity index (χ2v) is 13.2. The van der Waals surface area contributed by atoms with E-state index in [2.05, 4.69) is 5.32 Å². The van der Waals surface area contributed by atoms with E-state index in [4.69, 9.17) is 14.2 Å². The molecule has 4 atom stereocenters. The Hall–Kier alpha value is -2.50. The van der Waals surface area contributed by atoms with Crippen LogP contribution in [0.3, 0.4) is 0 Å². The van der Waals surface area contributed by atoms with Crippen molar-refractivity contribution in [2.45, 2.75) is 74.7 Å². The van der Waals surface area contributed by atoms with E-state index in [0.717, 1.165) is 24.8 Å². The van der Waals surface area contributed by atoms with Crippen LogP contribution in [0.4, 0.5) is 0 Å². The summed E-state index contributed by atoms with van der Waals surface area (Å²) in [6.07, 6.45) is 1.59. The minimum Gasteiger partial charge on any atom is -0.497 e. The Morgan fingerprint density at radius 3 is 2.45 bits per heavy atom. The number of hydrogen-bond donors (Lipinski definition) is 2. The highest BCUT2D eigenvalue weighted by Gasteiger charge is 2.43. The van der Waals surface area contributed by atoms with Crippen molar-refractivity contribution in [2.24, 2.45) is 5.92 Å². The fourth-order valence-corrected chi connectivity index (χ4v) is 7.13. The summed E-state index contributed by atoms with van der Waals surface area (Å²) in [6, 6.07) is 15.0. The number of benzene rings is 2. The summed E-state index contributed by atoms with van der Waals surface area (Å²) in [5, 5.41) is 14.5. The Labute approximate surface area is 237 Å². The van der Waals surface area contributed by atoms with Gasteiger partial charge in [0.2, 0.25) is 15.9 Å². The van der Waals surface area contributed by atoms with Gasteiger partial charge in [-0.05, 0) is 61.4 Å². The van der Waals surface area contributed by atoms with Gasteiger partial charge in [-0.1, -0.05) is 44.2 Å². The quantitative estimate of drug-likeness (QED) is 0.400. The molecule has 0 radical (unpaired) electrons. The third-order valence-corrected chi connectivity index (χ3v) is 9.50. The number of ether oxygens (including phenoxy) is 3. The maximum atomic E-state index is 13.6. The Bertz CT molecular complexity index is 1200. The molecule has 2 N–H and O–H groups in total. The van der Waals surface area contributed by atoms with Crippen molar-refractivity contribution in [3.63, 3.8) is 0 Å². The van der Waals surface area contributed by atoms with Gasteiger partial charge in [-0.2, -0.15) is 4.31 Å². The largest absolute Gasteiger partial charge is 0.497 e. The maximum Gasteiger partial charge on any atom is 0.249 e. The third-order valence-electron chi connectivity index (χ3n) is 7.66. The van der Waals surface area contributed by atoms with Crippen LogP contribution in [0, 0.1) is 5.92 Å². The molecule has 2 aliphatic rings. The number of carbonyl (C=O) groups excluding carboxylic acids is 1. The summed E-state index contributed by atoms with van der Waals surface area (Å²) >= 11 is 0. The monoisotopic (exact) mass is 574 g/mol. The average molecular weight is 575 g/mol. The summed E-state index contributed by atoms with van der Waals surface area (Å²) < 4.78 is 45.6. The number of nitrogens with zero attached hydrogens (tertiary/aromatic N) is 1. The van der Waals surface area contributed by atoms with Gasteiger partial charge >= 0.3 is 0 Å². The third kappa shape index (κ3) is 7.61. The molecule has 2 heterocycles. The highest BCUT2D eigenvalue weighted by Crippen LogP contribution is 2.37. The van der Waals surface area contributed by atoms with E-state index in [1.165, 1.54) is 23.5 Å². The first-order chi connectivity index (χ1) is 19.1. The van der Waals surface area contributed by atoms with Crippen LogP contribution in [-0.4, -0.2) is 81.0 Å². The molecule has 4 rings (SSSR count). The Kier molecular flexibility index (Phi) is 10.2. The van der Waals surface area contributed by atoms with Gasteiger partial charge < -0.3 is 24.6 Å². The van der Waals surface area contributed by atoms with Gasteiger partial charge in [0.25, 0.3) is 0 Å². The number of nitrogens with one attached hydrogen (secondary N) is 1. The van der Waals surface area contributed by atoms with E-state index < -0.39 is 28.3 Å². The molecule has 2 aliphatic heterocycles. The molecule has 2 fully saturated rings. The molecule has 40 heavy (non-hydrogen) atoms. The molecular formula is C30H42N2O7S. The zero-order valence-corrected chi connectivity index (χ0v) is 24.4. The lowest BCUT2D eigenvalue weighted by Gasteiger charge is -2.37. The molecule has 2 aromatic rings. The lowest BCUT2D eigenvalue weighted by molar-refractivity contribution is -0.152. The standard InChI is InChI=1S/C30H42N2O7S/c1-22(2)20-32(40(35,36)25-12-10-24(37-3)11-13-25)21-27(33)26(18-23-8-5-4-6-9-23)31-29(34)28-19-30(15-17-38-28)14-7-16-39-30/h4-6,8-13,22,26-28,33H,7,14-21H2,1-3H3,(H,31,34)/t26-,27+,28-,30+/m0/s1. The molecule has 2 saturated heterocycles. The molecule has 1 amide bonds. The number of carbonyl (C=O) groups is 1. The molecule has 0 bridgehead atoms. The summed E-state index contributed by atoms with van der Waals surface area (Å²) in [6.45, 7) is 5.01. The van der Waals surface area contributed by atoms with Crippen LogP contribution >= 0.6 is 0 Å². The van der Waals surface area contributed by atoms with Crippen molar-refractivity contribution in [1.29, 1.82) is 0 Å². The van der Waals surface area contributed by atoms with Crippen LogP contribution < -0.4 is 10.1 Å². The normalized spacial score (nSPS) is 22.9. The number of aliphatic hydroxyl groups excluding tert-OH is 1. The SMILES string of the molecule is COc1ccc(S(=O)(=O)N(CC(C)C)C[C@@H](O)[C@H](Cc2ccccc2)NC(=O)[C@@H]2C[C@@]3(CCCO3)CCO2)cc1. The van der Waals surface area contributed by atoms with Crippen molar-refractivity contribution < 1.29 is 32.5 Å². The highest BCUT2D eigenvalue weighted by atomic mass is 32.2. The second-order valence-electron chi connectivity index (χ2n) is 11.2. The highest BCUT2D eigenvalue weighted by molar-refractivity contribution is 7.89. The van der Waals surface area contributed by atoms with Crippen molar-refractivity contribution in [2.75, 3.05) is 33.4 Å². The summed E-state index contributed by atoms with van der Waals surface area (Å²) in [7, 11) is -2.40. The van der Waals surface area contributed by atoms with Crippen molar-refractivity contribution in [3.8, 4) is 5.75 Å². The smallest absolute Gasteiger partial charge is 0.249 e. The van der Waals surface area contributed by atoms with E-state index in [0.29, 0.717) is 31.8 Å². The van der Waals surface area contributed by atoms with Crippen LogP contribution in [0.15, 0.2) is 59.5 Å². The Morgan fingerprint density at radius 1 is 1.10 bits per heavy atom. The summed E-state index contributed by atoms with van der Waals surface area (Å²) in [5.74, 6) is 0.248. The molecule has 220 valence electrons. The van der Waals surface area contributed by atoms with Gasteiger partial charge in [0.15, 0.2) is 0 Å². The molecular weight excluding hydrogens is 532 g/mol. The number of rotatable bonds is 12. The molecule has 0 unspecified atom stereocenters. The lowest BCUT2D eigenvalue weighted by Crippen LogP contribution is -2.55. The van der Waals surface area contributed by atoms with Crippen LogP contribution in [0.25, 0.3) is 0 Å². The van der Waals surface area contributed by atoms with Gasteiger partial charge in [-0.25, -0.2) is 8.42 Å². The van der Waals surface area contributed by atoms with E-state index in [1.807, 2.05) is 44.2 Å². The second kappa shape index (κ2) is 13.4. The van der Waals surface area contributed by atoms with Crippen molar-refractivity contribution in [1.82, 2.24) is 9.62 Å². The zero-order chi connectivity index (χ0) is 28.8. The van der Waals surface area contributed by atoms with E-state index in [1.54, 1.807) is 12.1 Å². The van der Waals surface area contributed by atoms with Crippen molar-refractivity contribution in [3.05, 3.63) is 60.2 Å². The molecule has 2 aromatic carbocycles. The fraction of sp³-hybridized carbons (Fsp3) is 0.567. The topological polar surface area (TPSA) is 114 Å². The lowest BCUT2D eigenvalue weighted by atomic mass is 9.87. The minimum absolute atomic E-state index is 0.0145. The van der Waals surface area contributed by atoms with E-state index in [-0.39, 0.29) is 35.4 Å². The molecule has 0 aliphatic carbocycles. The van der Waals surface area contributed by atoms with Gasteiger partial charge in [0, 0.05) is 26.1 Å². The first-order valence-corrected chi connectivity index (χ1v) is 15.5. The van der Waals surface area contributed by atoms with E-state index in [9.17, 15) is 18.3 Å². The number of methoxy groups -OCH3 is 1. The Morgan fingerprint density at radius 2 is 1.82 bits per heavy atom. The van der Waals surface area contributed by atoms with Gasteiger partial charge in [0.1, 0.15) is 11.9 Å². The minimum atomic E-state index is -3.92. The predicted octanol–water partition coefficient (Wildman–Crippen LogP) is 3.16. The summed E-state index contributed by atoms with van der Waals surface area (Å²) in [5.41, 5.74) is 0.592. The number of sulfonamides is 1. The number of hydrogen-bond acceptors (Lipinski definition) is 7. The molecule has 0 aromatic heterocycles.